The van der Waals surface area contributed by atoms with Gasteiger partial charge in [-0.3, -0.25) is 0 Å². The van der Waals surface area contributed by atoms with Crippen LogP contribution in [0, 0.1) is 5.82 Å². The molecule has 0 aliphatic rings. The summed E-state index contributed by atoms with van der Waals surface area (Å²) in [5.41, 5.74) is -0.0271. The molecule has 4 nitrogen and oxygen atoms in total. The van der Waals surface area contributed by atoms with Crippen LogP contribution in [0.3, 0.4) is 0 Å². The second kappa shape index (κ2) is 4.58. The Hall–Kier alpha value is -1.82. The van der Waals surface area contributed by atoms with Crippen molar-refractivity contribution in [1.82, 2.24) is 9.97 Å². The number of rotatable bonds is 2. The van der Waals surface area contributed by atoms with Crippen molar-refractivity contribution in [1.29, 1.82) is 0 Å². The molecule has 0 aliphatic heterocycles. The van der Waals surface area contributed by atoms with E-state index in [0.29, 0.717) is 0 Å². The topological polar surface area (TPSA) is 63.1 Å². The van der Waals surface area contributed by atoms with E-state index < -0.39 is 11.8 Å². The van der Waals surface area contributed by atoms with Gasteiger partial charge in [-0.1, -0.05) is 12.1 Å². The van der Waals surface area contributed by atoms with Gasteiger partial charge in [0.25, 0.3) is 0 Å². The Morgan fingerprint density at radius 3 is 2.71 bits per heavy atom. The van der Waals surface area contributed by atoms with Gasteiger partial charge in [0.15, 0.2) is 11.5 Å². The molecule has 0 saturated heterocycles. The van der Waals surface area contributed by atoms with Gasteiger partial charge in [-0.05, 0) is 28.1 Å². The molecule has 1 N–H and O–H groups in total. The maximum Gasteiger partial charge on any atom is 0.355 e. The van der Waals surface area contributed by atoms with Crippen molar-refractivity contribution in [2.45, 2.75) is 0 Å². The van der Waals surface area contributed by atoms with Crippen molar-refractivity contribution in [2.24, 2.45) is 0 Å². The molecule has 0 spiro atoms. The van der Waals surface area contributed by atoms with Gasteiger partial charge in [0.05, 0.1) is 10.0 Å². The SMILES string of the molecule is O=C(O)c1nc(-c2ccccc2F)ncc1Br. The Morgan fingerprint density at radius 2 is 2.06 bits per heavy atom. The number of halogens is 2. The Bertz CT molecular complexity index is 589. The first-order chi connectivity index (χ1) is 8.09. The zero-order valence-corrected chi connectivity index (χ0v) is 9.98. The highest BCUT2D eigenvalue weighted by atomic mass is 79.9. The van der Waals surface area contributed by atoms with Crippen LogP contribution in [-0.2, 0) is 0 Å². The van der Waals surface area contributed by atoms with Gasteiger partial charge in [-0.15, -0.1) is 0 Å². The summed E-state index contributed by atoms with van der Waals surface area (Å²) in [7, 11) is 0. The molecule has 1 aromatic carbocycles. The number of carboxylic acid groups (broad SMARTS) is 1. The second-order valence-electron chi connectivity index (χ2n) is 3.18. The van der Waals surface area contributed by atoms with Crippen LogP contribution in [0.5, 0.6) is 0 Å². The number of aromatic carboxylic acids is 1. The molecule has 0 radical (unpaired) electrons. The summed E-state index contributed by atoms with van der Waals surface area (Å²) in [6, 6.07) is 5.92. The van der Waals surface area contributed by atoms with E-state index >= 15 is 0 Å². The lowest BCUT2D eigenvalue weighted by Crippen LogP contribution is -2.04. The van der Waals surface area contributed by atoms with Gasteiger partial charge >= 0.3 is 5.97 Å². The van der Waals surface area contributed by atoms with Crippen molar-refractivity contribution in [3.05, 3.63) is 46.4 Å². The smallest absolute Gasteiger partial charge is 0.355 e. The molecule has 0 amide bonds. The Balaban J connectivity index is 2.58. The third-order valence-electron chi connectivity index (χ3n) is 2.06. The minimum Gasteiger partial charge on any atom is -0.476 e. The van der Waals surface area contributed by atoms with E-state index in [1.54, 1.807) is 6.07 Å². The molecular weight excluding hydrogens is 291 g/mol. The van der Waals surface area contributed by atoms with E-state index in [-0.39, 0.29) is 21.6 Å². The summed E-state index contributed by atoms with van der Waals surface area (Å²) in [6.45, 7) is 0. The largest absolute Gasteiger partial charge is 0.476 e. The van der Waals surface area contributed by atoms with Gasteiger partial charge < -0.3 is 5.11 Å². The predicted octanol–water partition coefficient (Wildman–Crippen LogP) is 2.74. The normalized spacial score (nSPS) is 10.2. The summed E-state index contributed by atoms with van der Waals surface area (Å²) in [6.07, 6.45) is 1.29. The van der Waals surface area contributed by atoms with E-state index in [4.69, 9.17) is 5.11 Å². The number of nitrogens with zero attached hydrogens (tertiary/aromatic N) is 2. The minimum atomic E-state index is -1.20. The molecule has 0 atom stereocenters. The third-order valence-corrected chi connectivity index (χ3v) is 2.64. The highest BCUT2D eigenvalue weighted by molar-refractivity contribution is 9.10. The molecule has 1 heterocycles. The molecule has 0 fully saturated rings. The first-order valence-corrected chi connectivity index (χ1v) is 5.39. The summed E-state index contributed by atoms with van der Waals surface area (Å²) < 4.78 is 13.7. The van der Waals surface area contributed by atoms with Crippen molar-refractivity contribution < 1.29 is 14.3 Å². The molecule has 6 heteroatoms. The lowest BCUT2D eigenvalue weighted by atomic mass is 10.2. The van der Waals surface area contributed by atoms with E-state index in [1.807, 2.05) is 0 Å². The molecule has 86 valence electrons. The van der Waals surface area contributed by atoms with Gasteiger partial charge in [0.1, 0.15) is 5.82 Å². The average Bonchev–Trinajstić information content (AvgIpc) is 2.30. The zero-order valence-electron chi connectivity index (χ0n) is 8.39. The Morgan fingerprint density at radius 1 is 1.35 bits per heavy atom. The van der Waals surface area contributed by atoms with Gasteiger partial charge in [0, 0.05) is 6.20 Å². The first kappa shape index (κ1) is 11.7. The number of carbonyl (C=O) groups is 1. The molecule has 0 saturated carbocycles. The zero-order chi connectivity index (χ0) is 12.4. The van der Waals surface area contributed by atoms with Crippen LogP contribution < -0.4 is 0 Å². The van der Waals surface area contributed by atoms with Crippen molar-refractivity contribution in [3.8, 4) is 11.4 Å². The van der Waals surface area contributed by atoms with E-state index in [9.17, 15) is 9.18 Å². The second-order valence-corrected chi connectivity index (χ2v) is 4.03. The van der Waals surface area contributed by atoms with Gasteiger partial charge in [0.2, 0.25) is 0 Å². The van der Waals surface area contributed by atoms with Crippen molar-refractivity contribution >= 4 is 21.9 Å². The number of benzene rings is 1. The molecule has 0 bridgehead atoms. The molecule has 17 heavy (non-hydrogen) atoms. The first-order valence-electron chi connectivity index (χ1n) is 4.60. The molecule has 1 aromatic heterocycles. The van der Waals surface area contributed by atoms with Crippen LogP contribution >= 0.6 is 15.9 Å². The third kappa shape index (κ3) is 2.31. The van der Waals surface area contributed by atoms with E-state index in [1.165, 1.54) is 24.4 Å². The fourth-order valence-corrected chi connectivity index (χ4v) is 1.65. The average molecular weight is 297 g/mol. The lowest BCUT2D eigenvalue weighted by molar-refractivity contribution is 0.0689. The summed E-state index contributed by atoms with van der Waals surface area (Å²) in [5, 5.41) is 8.89. The molecule has 2 rings (SSSR count). The van der Waals surface area contributed by atoms with Gasteiger partial charge in [-0.25, -0.2) is 19.2 Å². The maximum absolute atomic E-state index is 13.5. The quantitative estimate of drug-likeness (QED) is 0.925. The van der Waals surface area contributed by atoms with E-state index in [0.717, 1.165) is 0 Å². The standard InChI is InChI=1S/C11H6BrFN2O2/c12-7-5-14-10(15-9(7)11(16)17)6-3-1-2-4-8(6)13/h1-5H,(H,16,17). The van der Waals surface area contributed by atoms with Crippen LogP contribution in [0.4, 0.5) is 4.39 Å². The number of aromatic nitrogens is 2. The summed E-state index contributed by atoms with van der Waals surface area (Å²) in [4.78, 5) is 18.6. The molecule has 0 unspecified atom stereocenters. The number of carboxylic acids is 1. The lowest BCUT2D eigenvalue weighted by Gasteiger charge is -2.03. The Kier molecular flexibility index (Phi) is 3.14. The monoisotopic (exact) mass is 296 g/mol. The summed E-state index contributed by atoms with van der Waals surface area (Å²) in [5.74, 6) is -1.65. The fourth-order valence-electron chi connectivity index (χ4n) is 1.29. The van der Waals surface area contributed by atoms with Crippen LogP contribution in [0.2, 0.25) is 0 Å². The van der Waals surface area contributed by atoms with Crippen LogP contribution in [0.15, 0.2) is 34.9 Å². The highest BCUT2D eigenvalue weighted by Crippen LogP contribution is 2.21. The predicted molar refractivity (Wildman–Crippen MR) is 62.1 cm³/mol. The number of hydrogen-bond acceptors (Lipinski definition) is 3. The Labute approximate surface area is 104 Å². The van der Waals surface area contributed by atoms with Gasteiger partial charge in [-0.2, -0.15) is 0 Å². The van der Waals surface area contributed by atoms with Crippen LogP contribution in [-0.4, -0.2) is 21.0 Å². The molecule has 0 aliphatic carbocycles. The van der Waals surface area contributed by atoms with Crippen molar-refractivity contribution in [3.63, 3.8) is 0 Å². The summed E-state index contributed by atoms with van der Waals surface area (Å²) >= 11 is 3.02. The van der Waals surface area contributed by atoms with Crippen LogP contribution in [0.25, 0.3) is 11.4 Å². The highest BCUT2D eigenvalue weighted by Gasteiger charge is 2.14. The maximum atomic E-state index is 13.5. The molecular formula is C11H6BrFN2O2. The fraction of sp³-hybridized carbons (Fsp3) is 0. The molecule has 2 aromatic rings. The minimum absolute atomic E-state index is 0.0451. The van der Waals surface area contributed by atoms with Crippen molar-refractivity contribution in [2.75, 3.05) is 0 Å². The van der Waals surface area contributed by atoms with E-state index in [2.05, 4.69) is 25.9 Å². The van der Waals surface area contributed by atoms with Crippen LogP contribution in [0.1, 0.15) is 10.5 Å². The number of hydrogen-bond donors (Lipinski definition) is 1.